The number of nitrogens with one attached hydrogen (secondary N) is 2. The molecule has 0 amide bonds. The molecule has 2 fully saturated rings. The zero-order chi connectivity index (χ0) is 24.7. The normalized spacial score (nSPS) is 18.6. The lowest BCUT2D eigenvalue weighted by Gasteiger charge is -2.33. The number of morpholine rings is 1. The van der Waals surface area contributed by atoms with Crippen molar-refractivity contribution in [3.63, 3.8) is 0 Å². The minimum absolute atomic E-state index is 0.119. The molecule has 0 bridgehead atoms. The second kappa shape index (κ2) is 11.4. The van der Waals surface area contributed by atoms with Gasteiger partial charge in [0.15, 0.2) is 11.6 Å². The number of hydrogen-bond donors (Lipinski definition) is 2. The summed E-state index contributed by atoms with van der Waals surface area (Å²) in [6.07, 6.45) is 4.09. The first-order chi connectivity index (χ1) is 17.6. The summed E-state index contributed by atoms with van der Waals surface area (Å²) in [5.74, 6) is 0.533. The van der Waals surface area contributed by atoms with Crippen molar-refractivity contribution in [3.8, 4) is 0 Å². The molecule has 10 nitrogen and oxygen atoms in total. The Hall–Kier alpha value is -3.70. The van der Waals surface area contributed by atoms with Crippen LogP contribution in [0.25, 0.3) is 0 Å². The number of hydrogen-bond acceptors (Lipinski definition) is 10. The first kappa shape index (κ1) is 24.0. The first-order valence-corrected chi connectivity index (χ1v) is 12.2. The molecule has 2 saturated heterocycles. The van der Waals surface area contributed by atoms with Crippen molar-refractivity contribution >= 4 is 28.8 Å². The molecule has 2 aliphatic heterocycles. The van der Waals surface area contributed by atoms with Crippen LogP contribution in [0.5, 0.6) is 0 Å². The van der Waals surface area contributed by atoms with Crippen LogP contribution in [-0.2, 0) is 11.3 Å². The number of halogens is 1. The summed E-state index contributed by atoms with van der Waals surface area (Å²) in [4.78, 5) is 14.4. The van der Waals surface area contributed by atoms with Crippen LogP contribution in [0.4, 0.5) is 33.2 Å². The highest BCUT2D eigenvalue weighted by molar-refractivity contribution is 5.64. The van der Waals surface area contributed by atoms with E-state index in [2.05, 4.69) is 60.0 Å². The molecule has 0 aliphatic carbocycles. The third kappa shape index (κ3) is 6.10. The van der Waals surface area contributed by atoms with E-state index in [0.717, 1.165) is 42.0 Å². The SMILES string of the molecule is CC1CCNN(c2cccc(Nc3ccc(CN=Nc4ncc(F)c(N5CCOCC5)n4)nc3)c2)C1. The Morgan fingerprint density at radius 1 is 1.14 bits per heavy atom. The Kier molecular flexibility index (Phi) is 7.58. The molecule has 4 heterocycles. The van der Waals surface area contributed by atoms with Gasteiger partial charge in [0.2, 0.25) is 0 Å². The molecule has 1 atom stereocenters. The van der Waals surface area contributed by atoms with Gasteiger partial charge < -0.3 is 20.0 Å². The Labute approximate surface area is 209 Å². The summed E-state index contributed by atoms with van der Waals surface area (Å²) < 4.78 is 19.5. The van der Waals surface area contributed by atoms with E-state index in [0.29, 0.717) is 32.2 Å². The molecular formula is C25H30FN9O. The molecule has 2 aliphatic rings. The van der Waals surface area contributed by atoms with Crippen molar-refractivity contribution in [2.45, 2.75) is 19.9 Å². The smallest absolute Gasteiger partial charge is 0.270 e. The zero-order valence-corrected chi connectivity index (χ0v) is 20.3. The molecule has 11 heteroatoms. The van der Waals surface area contributed by atoms with Gasteiger partial charge in [0.05, 0.1) is 42.7 Å². The molecule has 2 N–H and O–H groups in total. The number of rotatable bonds is 7. The van der Waals surface area contributed by atoms with E-state index in [1.165, 1.54) is 6.42 Å². The molecule has 5 rings (SSSR count). The summed E-state index contributed by atoms with van der Waals surface area (Å²) in [6.45, 7) is 6.76. The summed E-state index contributed by atoms with van der Waals surface area (Å²) >= 11 is 0. The van der Waals surface area contributed by atoms with Crippen LogP contribution in [0.1, 0.15) is 19.0 Å². The van der Waals surface area contributed by atoms with E-state index in [-0.39, 0.29) is 18.3 Å². The Morgan fingerprint density at radius 2 is 2.03 bits per heavy atom. The number of anilines is 4. The van der Waals surface area contributed by atoms with E-state index in [9.17, 15) is 4.39 Å². The average molecular weight is 492 g/mol. The van der Waals surface area contributed by atoms with Crippen LogP contribution < -0.4 is 20.7 Å². The third-order valence-electron chi connectivity index (χ3n) is 6.12. The van der Waals surface area contributed by atoms with Crippen LogP contribution in [0.15, 0.2) is 59.0 Å². The molecule has 188 valence electrons. The number of pyridine rings is 1. The van der Waals surface area contributed by atoms with Gasteiger partial charge in [-0.3, -0.25) is 4.98 Å². The van der Waals surface area contributed by atoms with Gasteiger partial charge in [-0.15, -0.1) is 5.11 Å². The molecule has 0 radical (unpaired) electrons. The van der Waals surface area contributed by atoms with Gasteiger partial charge in [-0.05, 0) is 42.7 Å². The van der Waals surface area contributed by atoms with Gasteiger partial charge in [-0.25, -0.2) is 14.8 Å². The fourth-order valence-corrected chi connectivity index (χ4v) is 4.19. The van der Waals surface area contributed by atoms with E-state index in [1.54, 1.807) is 6.20 Å². The van der Waals surface area contributed by atoms with Crippen LogP contribution in [0, 0.1) is 11.7 Å². The predicted octanol–water partition coefficient (Wildman–Crippen LogP) is 4.23. The molecular weight excluding hydrogens is 461 g/mol. The zero-order valence-electron chi connectivity index (χ0n) is 20.3. The van der Waals surface area contributed by atoms with Crippen molar-refractivity contribution in [1.82, 2.24) is 20.4 Å². The van der Waals surface area contributed by atoms with Gasteiger partial charge in [0, 0.05) is 31.9 Å². The molecule has 1 aromatic carbocycles. The topological polar surface area (TPSA) is 103 Å². The summed E-state index contributed by atoms with van der Waals surface area (Å²) in [6, 6.07) is 12.2. The van der Waals surface area contributed by atoms with E-state index >= 15 is 0 Å². The Morgan fingerprint density at radius 3 is 2.83 bits per heavy atom. The highest BCUT2D eigenvalue weighted by atomic mass is 19.1. The maximum Gasteiger partial charge on any atom is 0.270 e. The van der Waals surface area contributed by atoms with Gasteiger partial charge >= 0.3 is 0 Å². The first-order valence-electron chi connectivity index (χ1n) is 12.2. The number of nitrogens with zero attached hydrogens (tertiary/aromatic N) is 7. The van der Waals surface area contributed by atoms with Crippen molar-refractivity contribution in [2.75, 3.05) is 54.6 Å². The Bertz CT molecular complexity index is 1180. The Balaban J connectivity index is 1.18. The fourth-order valence-electron chi connectivity index (χ4n) is 4.19. The van der Waals surface area contributed by atoms with Crippen LogP contribution in [0.3, 0.4) is 0 Å². The lowest BCUT2D eigenvalue weighted by molar-refractivity contribution is 0.122. The summed E-state index contributed by atoms with van der Waals surface area (Å²) in [7, 11) is 0. The van der Waals surface area contributed by atoms with Crippen molar-refractivity contribution in [1.29, 1.82) is 0 Å². The number of benzene rings is 1. The minimum atomic E-state index is -0.479. The lowest BCUT2D eigenvalue weighted by Crippen LogP contribution is -2.46. The number of ether oxygens (including phenoxy) is 1. The summed E-state index contributed by atoms with van der Waals surface area (Å²) in [5, 5.41) is 13.8. The number of azo groups is 1. The highest BCUT2D eigenvalue weighted by Crippen LogP contribution is 2.24. The quantitative estimate of drug-likeness (QED) is 0.474. The van der Waals surface area contributed by atoms with Crippen LogP contribution >= 0.6 is 0 Å². The maximum absolute atomic E-state index is 14.2. The third-order valence-corrected chi connectivity index (χ3v) is 6.12. The standard InChI is InChI=1S/C25H30FN9O/c1-18-7-8-30-35(17-18)22-4-2-3-19(13-22)31-21-6-5-20(27-14-21)15-29-33-25-28-16-23(26)24(32-25)34-9-11-36-12-10-34/h2-6,13-14,16,18,30-31H,7-12,15,17H2,1H3. The lowest BCUT2D eigenvalue weighted by atomic mass is 10.1. The van der Waals surface area contributed by atoms with Gasteiger partial charge in [-0.1, -0.05) is 13.0 Å². The van der Waals surface area contributed by atoms with E-state index in [4.69, 9.17) is 4.74 Å². The van der Waals surface area contributed by atoms with Crippen LogP contribution in [0.2, 0.25) is 0 Å². The predicted molar refractivity (Wildman–Crippen MR) is 136 cm³/mol. The number of hydrazine groups is 1. The second-order valence-electron chi connectivity index (χ2n) is 8.97. The average Bonchev–Trinajstić information content (AvgIpc) is 2.91. The number of aromatic nitrogens is 3. The summed E-state index contributed by atoms with van der Waals surface area (Å²) in [5.41, 5.74) is 7.21. The molecule has 1 unspecified atom stereocenters. The fraction of sp³-hybridized carbons (Fsp3) is 0.400. The van der Waals surface area contributed by atoms with Gasteiger partial charge in [0.25, 0.3) is 5.95 Å². The van der Waals surface area contributed by atoms with Gasteiger partial charge in [-0.2, -0.15) is 10.1 Å². The van der Waals surface area contributed by atoms with Crippen molar-refractivity contribution in [2.24, 2.45) is 16.1 Å². The van der Waals surface area contributed by atoms with Crippen molar-refractivity contribution in [3.05, 3.63) is 60.3 Å². The van der Waals surface area contributed by atoms with Crippen molar-refractivity contribution < 1.29 is 9.13 Å². The molecule has 2 aromatic heterocycles. The van der Waals surface area contributed by atoms with Crippen LogP contribution in [-0.4, -0.2) is 54.3 Å². The van der Waals surface area contributed by atoms with Gasteiger partial charge in [0.1, 0.15) is 6.54 Å². The monoisotopic (exact) mass is 491 g/mol. The minimum Gasteiger partial charge on any atom is -0.378 e. The highest BCUT2D eigenvalue weighted by Gasteiger charge is 2.18. The van der Waals surface area contributed by atoms with E-state index < -0.39 is 5.82 Å². The molecule has 0 spiro atoms. The molecule has 0 saturated carbocycles. The maximum atomic E-state index is 14.2. The second-order valence-corrected chi connectivity index (χ2v) is 8.97. The molecule has 3 aromatic rings. The largest absolute Gasteiger partial charge is 0.378 e. The van der Waals surface area contributed by atoms with E-state index in [1.807, 2.05) is 29.2 Å². The molecule has 36 heavy (non-hydrogen) atoms.